The van der Waals surface area contributed by atoms with Gasteiger partial charge in [0.25, 0.3) is 0 Å². The summed E-state index contributed by atoms with van der Waals surface area (Å²) in [6.45, 7) is 3.26. The zero-order valence-electron chi connectivity index (χ0n) is 9.95. The second-order valence-corrected chi connectivity index (χ2v) is 4.63. The van der Waals surface area contributed by atoms with Gasteiger partial charge in [-0.05, 0) is 42.9 Å². The molecule has 0 spiro atoms. The number of hydrogen-bond acceptors (Lipinski definition) is 2. The van der Waals surface area contributed by atoms with Gasteiger partial charge in [0.1, 0.15) is 0 Å². The first-order valence-electron chi connectivity index (χ1n) is 6.29. The van der Waals surface area contributed by atoms with Crippen molar-refractivity contribution in [3.05, 3.63) is 35.4 Å². The highest BCUT2D eigenvalue weighted by molar-refractivity contribution is 5.29. The van der Waals surface area contributed by atoms with Crippen LogP contribution >= 0.6 is 0 Å². The molecule has 0 amide bonds. The van der Waals surface area contributed by atoms with Crippen LogP contribution in [0.2, 0.25) is 0 Å². The zero-order chi connectivity index (χ0) is 11.4. The van der Waals surface area contributed by atoms with E-state index in [1.165, 1.54) is 24.0 Å². The van der Waals surface area contributed by atoms with Gasteiger partial charge in [-0.25, -0.2) is 0 Å². The molecule has 2 N–H and O–H groups in total. The number of aliphatic hydroxyl groups is 1. The molecule has 0 aromatic heterocycles. The van der Waals surface area contributed by atoms with Crippen LogP contribution in [0.15, 0.2) is 24.3 Å². The molecule has 1 aromatic carbocycles. The average Bonchev–Trinajstić information content (AvgIpc) is 3.15. The first-order valence-corrected chi connectivity index (χ1v) is 6.29. The highest BCUT2D eigenvalue weighted by Gasteiger charge is 2.23. The summed E-state index contributed by atoms with van der Waals surface area (Å²) in [4.78, 5) is 0. The Morgan fingerprint density at radius 2 is 2.00 bits per heavy atom. The van der Waals surface area contributed by atoms with Gasteiger partial charge in [0.05, 0.1) is 12.6 Å². The maximum atomic E-state index is 9.33. The molecule has 1 aliphatic rings. The molecule has 0 bridgehead atoms. The predicted octanol–water partition coefficient (Wildman–Crippen LogP) is 2.60. The van der Waals surface area contributed by atoms with E-state index in [4.69, 9.17) is 0 Å². The normalized spacial score (nSPS) is 17.4. The quantitative estimate of drug-likeness (QED) is 0.771. The van der Waals surface area contributed by atoms with Crippen LogP contribution in [0.4, 0.5) is 0 Å². The van der Waals surface area contributed by atoms with Crippen LogP contribution in [-0.4, -0.2) is 18.3 Å². The molecule has 1 saturated carbocycles. The number of nitrogens with one attached hydrogen (secondary N) is 1. The van der Waals surface area contributed by atoms with Crippen molar-refractivity contribution in [2.24, 2.45) is 0 Å². The lowest BCUT2D eigenvalue weighted by molar-refractivity contribution is 0.245. The van der Waals surface area contributed by atoms with Crippen LogP contribution in [0.25, 0.3) is 0 Å². The van der Waals surface area contributed by atoms with Crippen molar-refractivity contribution in [3.8, 4) is 0 Å². The molecular weight excluding hydrogens is 198 g/mol. The lowest BCUT2D eigenvalue weighted by Crippen LogP contribution is -2.24. The molecule has 1 fully saturated rings. The fraction of sp³-hybridized carbons (Fsp3) is 0.571. The van der Waals surface area contributed by atoms with Crippen molar-refractivity contribution in [2.45, 2.75) is 38.1 Å². The molecule has 0 saturated heterocycles. The van der Waals surface area contributed by atoms with Gasteiger partial charge in [0.2, 0.25) is 0 Å². The lowest BCUT2D eigenvalue weighted by Gasteiger charge is -2.16. The van der Waals surface area contributed by atoms with Crippen molar-refractivity contribution in [2.75, 3.05) is 13.2 Å². The van der Waals surface area contributed by atoms with Crippen LogP contribution in [0.3, 0.4) is 0 Å². The number of hydrogen-bond donors (Lipinski definition) is 2. The minimum absolute atomic E-state index is 0.0909. The third-order valence-electron chi connectivity index (χ3n) is 3.21. The standard InChI is InChI=1S/C14H21NO/c1-2-9-15-14(10-16)13-7-5-12(6-8-13)11-3-4-11/h5-8,11,14-16H,2-4,9-10H2,1H3. The van der Waals surface area contributed by atoms with Crippen molar-refractivity contribution in [1.29, 1.82) is 0 Å². The molecule has 2 nitrogen and oxygen atoms in total. The molecule has 2 heteroatoms. The van der Waals surface area contributed by atoms with Gasteiger partial charge in [-0.3, -0.25) is 0 Å². The maximum Gasteiger partial charge on any atom is 0.0626 e. The Morgan fingerprint density at radius 1 is 1.31 bits per heavy atom. The summed E-state index contributed by atoms with van der Waals surface area (Å²) < 4.78 is 0. The monoisotopic (exact) mass is 219 g/mol. The first kappa shape index (κ1) is 11.6. The molecule has 0 radical (unpaired) electrons. The largest absolute Gasteiger partial charge is 0.394 e. The minimum Gasteiger partial charge on any atom is -0.394 e. The van der Waals surface area contributed by atoms with E-state index in [0.29, 0.717) is 0 Å². The van der Waals surface area contributed by atoms with Gasteiger partial charge in [0.15, 0.2) is 0 Å². The van der Waals surface area contributed by atoms with E-state index in [0.717, 1.165) is 18.9 Å². The molecular formula is C14H21NO. The molecule has 1 atom stereocenters. The Morgan fingerprint density at radius 3 is 2.50 bits per heavy atom. The van der Waals surface area contributed by atoms with Gasteiger partial charge in [-0.15, -0.1) is 0 Å². The van der Waals surface area contributed by atoms with Crippen molar-refractivity contribution in [3.63, 3.8) is 0 Å². The third kappa shape index (κ3) is 2.83. The molecule has 0 heterocycles. The third-order valence-corrected chi connectivity index (χ3v) is 3.21. The summed E-state index contributed by atoms with van der Waals surface area (Å²) in [7, 11) is 0. The first-order chi connectivity index (χ1) is 7.85. The fourth-order valence-electron chi connectivity index (χ4n) is 2.02. The average molecular weight is 219 g/mol. The minimum atomic E-state index is 0.0909. The van der Waals surface area contributed by atoms with E-state index in [-0.39, 0.29) is 12.6 Å². The topological polar surface area (TPSA) is 32.3 Å². The smallest absolute Gasteiger partial charge is 0.0626 e. The van der Waals surface area contributed by atoms with Gasteiger partial charge < -0.3 is 10.4 Å². The van der Waals surface area contributed by atoms with Crippen LogP contribution in [0.5, 0.6) is 0 Å². The summed E-state index contributed by atoms with van der Waals surface area (Å²) in [5, 5.41) is 12.7. The molecule has 1 unspecified atom stereocenters. The molecule has 1 aliphatic carbocycles. The molecule has 16 heavy (non-hydrogen) atoms. The number of rotatable bonds is 6. The van der Waals surface area contributed by atoms with E-state index in [9.17, 15) is 5.11 Å². The zero-order valence-corrected chi connectivity index (χ0v) is 9.95. The van der Waals surface area contributed by atoms with E-state index in [1.54, 1.807) is 0 Å². The highest BCUT2D eigenvalue weighted by atomic mass is 16.3. The van der Waals surface area contributed by atoms with Crippen molar-refractivity contribution >= 4 is 0 Å². The van der Waals surface area contributed by atoms with Crippen molar-refractivity contribution < 1.29 is 5.11 Å². The molecule has 0 aliphatic heterocycles. The van der Waals surface area contributed by atoms with Crippen LogP contribution in [0.1, 0.15) is 49.3 Å². The van der Waals surface area contributed by atoms with Crippen molar-refractivity contribution in [1.82, 2.24) is 5.32 Å². The summed E-state index contributed by atoms with van der Waals surface area (Å²) in [5.74, 6) is 0.810. The molecule has 2 rings (SSSR count). The Balaban J connectivity index is 2.00. The van der Waals surface area contributed by atoms with Crippen LogP contribution in [-0.2, 0) is 0 Å². The van der Waals surface area contributed by atoms with E-state index < -0.39 is 0 Å². The molecule has 88 valence electrons. The SMILES string of the molecule is CCCNC(CO)c1ccc(C2CC2)cc1. The predicted molar refractivity (Wildman–Crippen MR) is 66.5 cm³/mol. The fourth-order valence-corrected chi connectivity index (χ4v) is 2.02. The lowest BCUT2D eigenvalue weighted by atomic mass is 10.0. The van der Waals surface area contributed by atoms with Gasteiger partial charge >= 0.3 is 0 Å². The van der Waals surface area contributed by atoms with E-state index in [1.807, 2.05) is 0 Å². The second kappa shape index (κ2) is 5.46. The Kier molecular flexibility index (Phi) is 3.97. The van der Waals surface area contributed by atoms with E-state index in [2.05, 4.69) is 36.5 Å². The van der Waals surface area contributed by atoms with Gasteiger partial charge in [0, 0.05) is 0 Å². The summed E-state index contributed by atoms with van der Waals surface area (Å²) in [6, 6.07) is 8.81. The van der Waals surface area contributed by atoms with Crippen LogP contribution in [0, 0.1) is 0 Å². The summed E-state index contributed by atoms with van der Waals surface area (Å²) in [6.07, 6.45) is 3.78. The Hall–Kier alpha value is -0.860. The van der Waals surface area contributed by atoms with Gasteiger partial charge in [-0.1, -0.05) is 31.2 Å². The van der Waals surface area contributed by atoms with Gasteiger partial charge in [-0.2, -0.15) is 0 Å². The highest BCUT2D eigenvalue weighted by Crippen LogP contribution is 2.40. The summed E-state index contributed by atoms with van der Waals surface area (Å²) >= 11 is 0. The summed E-state index contributed by atoms with van der Waals surface area (Å²) in [5.41, 5.74) is 2.65. The second-order valence-electron chi connectivity index (χ2n) is 4.63. The van der Waals surface area contributed by atoms with Crippen LogP contribution < -0.4 is 5.32 Å². The maximum absolute atomic E-state index is 9.33. The Bertz CT molecular complexity index is 316. The Labute approximate surface area is 97.7 Å². The van der Waals surface area contributed by atoms with E-state index >= 15 is 0 Å². The number of benzene rings is 1. The molecule has 1 aromatic rings. The number of aliphatic hydroxyl groups excluding tert-OH is 1.